The molecule has 3 N–H and O–H groups in total. The Morgan fingerprint density at radius 2 is 2.29 bits per heavy atom. The quantitative estimate of drug-likeness (QED) is 0.672. The summed E-state index contributed by atoms with van der Waals surface area (Å²) >= 11 is 1.09. The summed E-state index contributed by atoms with van der Waals surface area (Å²) in [6.07, 6.45) is 0.568. The fourth-order valence-corrected chi connectivity index (χ4v) is 4.83. The normalized spacial score (nSPS) is 23.4. The lowest BCUT2D eigenvalue weighted by atomic mass is 10.2. The summed E-state index contributed by atoms with van der Waals surface area (Å²) in [5.74, 6) is -0.303. The molecule has 1 saturated heterocycles. The maximum atomic E-state index is 12.3. The van der Waals surface area contributed by atoms with Crippen LogP contribution < -0.4 is 10.0 Å². The Hall–Kier alpha value is -1.00. The van der Waals surface area contributed by atoms with Gasteiger partial charge in [-0.1, -0.05) is 0 Å². The highest BCUT2D eigenvalue weighted by molar-refractivity contribution is 7.89. The SMILES string of the molecule is CNC(=O)c1cc(S(=O)(=O)N[C@@H]2C[C@@H](CO)N(C)C2)cs1. The summed E-state index contributed by atoms with van der Waals surface area (Å²) in [6, 6.07) is 1.11. The summed E-state index contributed by atoms with van der Waals surface area (Å²) < 4.78 is 27.2. The molecule has 0 aliphatic carbocycles. The van der Waals surface area contributed by atoms with Gasteiger partial charge in [-0.05, 0) is 19.5 Å². The molecule has 7 nitrogen and oxygen atoms in total. The van der Waals surface area contributed by atoms with Crippen LogP contribution in [0.2, 0.25) is 0 Å². The average Bonchev–Trinajstić information content (AvgIpc) is 3.04. The number of rotatable bonds is 5. The molecule has 0 radical (unpaired) electrons. The lowest BCUT2D eigenvalue weighted by molar-refractivity contribution is 0.0967. The van der Waals surface area contributed by atoms with Crippen molar-refractivity contribution in [2.75, 3.05) is 27.2 Å². The van der Waals surface area contributed by atoms with Crippen LogP contribution in [0.5, 0.6) is 0 Å². The second kappa shape index (κ2) is 6.41. The van der Waals surface area contributed by atoms with Crippen molar-refractivity contribution in [3.05, 3.63) is 16.3 Å². The molecular formula is C12H19N3O4S2. The van der Waals surface area contributed by atoms with Crippen molar-refractivity contribution in [2.45, 2.75) is 23.4 Å². The zero-order chi connectivity index (χ0) is 15.6. The smallest absolute Gasteiger partial charge is 0.261 e. The van der Waals surface area contributed by atoms with Crippen LogP contribution in [-0.4, -0.2) is 63.7 Å². The molecule has 118 valence electrons. The van der Waals surface area contributed by atoms with Gasteiger partial charge >= 0.3 is 0 Å². The van der Waals surface area contributed by atoms with Gasteiger partial charge in [-0.25, -0.2) is 13.1 Å². The zero-order valence-corrected chi connectivity index (χ0v) is 13.5. The maximum absolute atomic E-state index is 12.3. The van der Waals surface area contributed by atoms with E-state index in [9.17, 15) is 18.3 Å². The Morgan fingerprint density at radius 1 is 1.57 bits per heavy atom. The van der Waals surface area contributed by atoms with E-state index in [2.05, 4.69) is 10.0 Å². The lowest BCUT2D eigenvalue weighted by Gasteiger charge is -2.15. The minimum absolute atomic E-state index is 0.00793. The van der Waals surface area contributed by atoms with E-state index >= 15 is 0 Å². The molecule has 0 spiro atoms. The van der Waals surface area contributed by atoms with E-state index in [4.69, 9.17) is 0 Å². The lowest BCUT2D eigenvalue weighted by Crippen LogP contribution is -2.36. The molecular weight excluding hydrogens is 314 g/mol. The molecule has 2 heterocycles. The molecule has 0 bridgehead atoms. The van der Waals surface area contributed by atoms with Crippen LogP contribution in [0.15, 0.2) is 16.3 Å². The third-order valence-electron chi connectivity index (χ3n) is 3.56. The van der Waals surface area contributed by atoms with Crippen LogP contribution in [0.4, 0.5) is 0 Å². The summed E-state index contributed by atoms with van der Waals surface area (Å²) in [5.41, 5.74) is 0. The second-order valence-corrected chi connectivity index (χ2v) is 7.68. The fourth-order valence-electron chi connectivity index (χ4n) is 2.37. The zero-order valence-electron chi connectivity index (χ0n) is 11.9. The van der Waals surface area contributed by atoms with E-state index in [1.807, 2.05) is 11.9 Å². The van der Waals surface area contributed by atoms with E-state index in [0.29, 0.717) is 17.8 Å². The van der Waals surface area contributed by atoms with Gasteiger partial charge in [-0.3, -0.25) is 9.69 Å². The number of aliphatic hydroxyl groups is 1. The number of carbonyl (C=O) groups is 1. The van der Waals surface area contributed by atoms with Gasteiger partial charge in [0.05, 0.1) is 16.4 Å². The van der Waals surface area contributed by atoms with E-state index in [-0.39, 0.29) is 29.5 Å². The molecule has 2 rings (SSSR count). The minimum atomic E-state index is -3.65. The van der Waals surface area contributed by atoms with E-state index in [1.165, 1.54) is 18.5 Å². The van der Waals surface area contributed by atoms with Crippen molar-refractivity contribution in [3.63, 3.8) is 0 Å². The van der Waals surface area contributed by atoms with Crippen molar-refractivity contribution in [2.24, 2.45) is 0 Å². The molecule has 9 heteroatoms. The fraction of sp³-hybridized carbons (Fsp3) is 0.583. The van der Waals surface area contributed by atoms with Crippen molar-refractivity contribution in [1.82, 2.24) is 14.9 Å². The number of nitrogens with zero attached hydrogens (tertiary/aromatic N) is 1. The molecule has 1 fully saturated rings. The number of likely N-dealkylation sites (N-methyl/N-ethyl adjacent to an activating group) is 1. The number of aliphatic hydroxyl groups excluding tert-OH is 1. The molecule has 2 atom stereocenters. The van der Waals surface area contributed by atoms with Gasteiger partial charge in [0.1, 0.15) is 0 Å². The van der Waals surface area contributed by atoms with Crippen LogP contribution in [0, 0.1) is 0 Å². The van der Waals surface area contributed by atoms with E-state index in [0.717, 1.165) is 11.3 Å². The highest BCUT2D eigenvalue weighted by atomic mass is 32.2. The Bertz CT molecular complexity index is 614. The Labute approximate surface area is 128 Å². The van der Waals surface area contributed by atoms with Crippen molar-refractivity contribution in [3.8, 4) is 0 Å². The van der Waals surface area contributed by atoms with Gasteiger partial charge in [0, 0.05) is 31.1 Å². The summed E-state index contributed by atoms with van der Waals surface area (Å²) in [7, 11) is -0.299. The van der Waals surface area contributed by atoms with Crippen molar-refractivity contribution >= 4 is 27.3 Å². The van der Waals surface area contributed by atoms with E-state index in [1.54, 1.807) is 0 Å². The molecule has 1 aliphatic heterocycles. The number of amides is 1. The number of nitrogens with one attached hydrogen (secondary N) is 2. The first-order valence-corrected chi connectivity index (χ1v) is 8.87. The topological polar surface area (TPSA) is 98.7 Å². The Balaban J connectivity index is 2.09. The highest BCUT2D eigenvalue weighted by Crippen LogP contribution is 2.22. The molecule has 1 aromatic heterocycles. The van der Waals surface area contributed by atoms with Gasteiger partial charge in [0.15, 0.2) is 0 Å². The maximum Gasteiger partial charge on any atom is 0.261 e. The second-order valence-electron chi connectivity index (χ2n) is 5.06. The number of sulfonamides is 1. The van der Waals surface area contributed by atoms with Gasteiger partial charge < -0.3 is 10.4 Å². The van der Waals surface area contributed by atoms with Gasteiger partial charge in [0.2, 0.25) is 10.0 Å². The Kier molecular flexibility index (Phi) is 4.99. The predicted molar refractivity (Wildman–Crippen MR) is 79.9 cm³/mol. The first kappa shape index (κ1) is 16.4. The standard InChI is InChI=1S/C12H19N3O4S2/c1-13-12(17)11-4-10(7-20-11)21(18,19)14-8-3-9(6-16)15(2)5-8/h4,7-9,14,16H,3,5-6H2,1-2H3,(H,13,17)/t8-,9+/m1/s1. The Morgan fingerprint density at radius 3 is 2.86 bits per heavy atom. The largest absolute Gasteiger partial charge is 0.395 e. The molecule has 0 aromatic carbocycles. The molecule has 21 heavy (non-hydrogen) atoms. The van der Waals surface area contributed by atoms with Gasteiger partial charge in [-0.15, -0.1) is 11.3 Å². The summed E-state index contributed by atoms with van der Waals surface area (Å²) in [5, 5.41) is 13.1. The van der Waals surface area contributed by atoms with Crippen LogP contribution in [0.3, 0.4) is 0 Å². The van der Waals surface area contributed by atoms with Gasteiger partial charge in [0.25, 0.3) is 5.91 Å². The molecule has 0 saturated carbocycles. The predicted octanol–water partition coefficient (Wildman–Crippen LogP) is -0.549. The van der Waals surface area contributed by atoms with Crippen LogP contribution in [0.25, 0.3) is 0 Å². The minimum Gasteiger partial charge on any atom is -0.395 e. The molecule has 0 unspecified atom stereocenters. The van der Waals surface area contributed by atoms with Crippen LogP contribution in [-0.2, 0) is 10.0 Å². The third kappa shape index (κ3) is 3.61. The number of likely N-dealkylation sites (tertiary alicyclic amines) is 1. The summed E-state index contributed by atoms with van der Waals surface area (Å²) in [6.45, 7) is 0.560. The number of carbonyl (C=O) groups excluding carboxylic acids is 1. The first-order chi connectivity index (χ1) is 9.87. The monoisotopic (exact) mass is 333 g/mol. The number of thiophene rings is 1. The first-order valence-electron chi connectivity index (χ1n) is 6.51. The highest BCUT2D eigenvalue weighted by Gasteiger charge is 2.32. The molecule has 1 aliphatic rings. The average molecular weight is 333 g/mol. The van der Waals surface area contributed by atoms with Crippen LogP contribution >= 0.6 is 11.3 Å². The number of hydrogen-bond acceptors (Lipinski definition) is 6. The third-order valence-corrected chi connectivity index (χ3v) is 6.14. The summed E-state index contributed by atoms with van der Waals surface area (Å²) in [4.78, 5) is 13.9. The molecule has 1 amide bonds. The molecule has 1 aromatic rings. The van der Waals surface area contributed by atoms with Crippen molar-refractivity contribution in [1.29, 1.82) is 0 Å². The number of hydrogen-bond donors (Lipinski definition) is 3. The van der Waals surface area contributed by atoms with Gasteiger partial charge in [-0.2, -0.15) is 0 Å². The van der Waals surface area contributed by atoms with Crippen molar-refractivity contribution < 1.29 is 18.3 Å². The van der Waals surface area contributed by atoms with E-state index < -0.39 is 10.0 Å². The van der Waals surface area contributed by atoms with Crippen LogP contribution in [0.1, 0.15) is 16.1 Å².